The van der Waals surface area contributed by atoms with Crippen LogP contribution < -0.4 is 21.3 Å². The second kappa shape index (κ2) is 46.6. The van der Waals surface area contributed by atoms with Crippen LogP contribution in [0.4, 0.5) is 0 Å². The minimum absolute atomic E-state index is 0.197. The van der Waals surface area contributed by atoms with E-state index in [2.05, 4.69) is 21.3 Å². The zero-order chi connectivity index (χ0) is 95.1. The summed E-state index contributed by atoms with van der Waals surface area (Å²) in [7, 11) is 0. The van der Waals surface area contributed by atoms with Crippen molar-refractivity contribution in [2.75, 3.05) is 66.1 Å². The molecule has 23 unspecified atom stereocenters. The Hall–Kier alpha value is -4.49. The Kier molecular flexibility index (Phi) is 38.5. The second-order valence-electron chi connectivity index (χ2n) is 33.0. The molecule has 0 aliphatic carbocycles. The van der Waals surface area contributed by atoms with Crippen molar-refractivity contribution in [3.05, 3.63) is 0 Å². The highest BCUT2D eigenvalue weighted by Crippen LogP contribution is 2.43. The van der Waals surface area contributed by atoms with Gasteiger partial charge in [-0.1, -0.05) is 6.92 Å². The molecule has 0 spiro atoms. The van der Waals surface area contributed by atoms with Crippen LogP contribution in [0.2, 0.25) is 0 Å². The topological polar surface area (TPSA) is 864 Å². The highest BCUT2D eigenvalue weighted by Gasteiger charge is 2.62. The first kappa shape index (κ1) is 107. The van der Waals surface area contributed by atoms with E-state index < -0.39 is 408 Å². The summed E-state index contributed by atoms with van der Waals surface area (Å²) in [4.78, 5) is 63.5. The molecular formula is C73H122N4O52. The van der Waals surface area contributed by atoms with Gasteiger partial charge in [-0.15, -0.1) is 0 Å². The smallest absolute Gasteiger partial charge is 0.332 e. The molecule has 51 atom stereocenters. The standard InChI is InChI=1S/C73H122N4O52/c1-19-25(91)7-73(112-18-86,129-57(19)40(93)26(92)8-78)111-17-35-44(97)51(104)55(108)69(121-35)124-60-32(14-84)119-67(39(49(60)102)77-24(6)90)128-64-53(106)43(96)29(11-81)116-72(64)126-62-45(98)34(120-70(56(62)109)125-61-33(15-85)117-65(37(47(61)100)75-22(4)88)122-58-30(12-82)113-20(2)36(46(58)99)74-21(3)87)16-110-71-63(52(105)42(95)28(10-80)115-71)127-66-38(76-23(5)89)48(101)59(31(13-83)118-66)123-68-54(107)50(103)41(94)27(9-79)114-68/h18-20,25-72,78-85,91-109H,7-17H2,1-6H3,(H,74,87)(H,75,88)(H,76,89)(H,77,90)/t19-,20+,25?,26?,27?,28?,29-,30?,31?,32?,33?,34?,35?,36?,37?,38?,39?,40+,41+,42-,43?,44+,45-,46-,47-,48?,49-,50+,51+,52+,53?,54?,55?,56?,57?,58-,59-,60-,61-,62+,63?,64?,65+,66+,67+,68+,69+,70+,71+,72-,73+/m1/s1. The van der Waals surface area contributed by atoms with Crippen molar-refractivity contribution in [2.45, 2.75) is 354 Å². The van der Waals surface area contributed by atoms with E-state index in [0.717, 1.165) is 27.7 Å². The molecule has 0 aromatic heterocycles. The number of hydrogen-bond donors (Lipinski definition) is 31. The molecule has 4 amide bonds. The van der Waals surface area contributed by atoms with Gasteiger partial charge in [0.1, 0.15) is 226 Å². The Labute approximate surface area is 732 Å². The number of hydrogen-bond acceptors (Lipinski definition) is 52. The second-order valence-corrected chi connectivity index (χ2v) is 33.0. The lowest BCUT2D eigenvalue weighted by Gasteiger charge is -2.51. The van der Waals surface area contributed by atoms with Crippen LogP contribution in [0.15, 0.2) is 0 Å². The molecule has 10 aliphatic heterocycles. The van der Waals surface area contributed by atoms with Gasteiger partial charge >= 0.3 is 5.97 Å². The van der Waals surface area contributed by atoms with Crippen LogP contribution in [-0.2, 0) is 119 Å². The van der Waals surface area contributed by atoms with Crippen LogP contribution >= 0.6 is 0 Å². The van der Waals surface area contributed by atoms with Gasteiger partial charge in [0.25, 0.3) is 6.47 Å². The monoisotopic (exact) mass is 1890 g/mol. The Morgan fingerprint density at radius 2 is 0.667 bits per heavy atom. The Balaban J connectivity index is 0.960. The fourth-order valence-electron chi connectivity index (χ4n) is 16.9. The molecule has 129 heavy (non-hydrogen) atoms. The summed E-state index contributed by atoms with van der Waals surface area (Å²) in [5.74, 6) is -7.27. The highest BCUT2D eigenvalue weighted by atomic mass is 16.9. The van der Waals surface area contributed by atoms with E-state index in [0.29, 0.717) is 0 Å². The first-order valence-corrected chi connectivity index (χ1v) is 41.4. The van der Waals surface area contributed by atoms with Gasteiger partial charge in [-0.05, 0) is 6.92 Å². The van der Waals surface area contributed by atoms with Gasteiger partial charge < -0.3 is 254 Å². The number of ether oxygens (including phenoxy) is 20. The largest absolute Gasteiger partial charge is 0.410 e. The predicted octanol–water partition coefficient (Wildman–Crippen LogP) is -20.6. The van der Waals surface area contributed by atoms with Crippen molar-refractivity contribution in [1.82, 2.24) is 21.3 Å². The number of carbonyl (C=O) groups is 5. The first-order valence-electron chi connectivity index (χ1n) is 41.4. The molecule has 31 N–H and O–H groups in total. The van der Waals surface area contributed by atoms with Gasteiger partial charge in [-0.25, -0.2) is 0 Å². The minimum atomic E-state index is -2.67. The quantitative estimate of drug-likeness (QED) is 0.0205. The Morgan fingerprint density at radius 3 is 1.07 bits per heavy atom. The molecule has 10 rings (SSSR count). The van der Waals surface area contributed by atoms with Gasteiger partial charge in [0, 0.05) is 33.6 Å². The normalized spacial score (nSPS) is 48.1. The number of amides is 4. The Bertz CT molecular complexity index is 3520. The third kappa shape index (κ3) is 23.9. The average molecular weight is 1890 g/mol. The van der Waals surface area contributed by atoms with Crippen molar-refractivity contribution in [3.63, 3.8) is 0 Å². The number of rotatable bonds is 36. The van der Waals surface area contributed by atoms with E-state index >= 15 is 0 Å². The molecule has 0 radical (unpaired) electrons. The first-order chi connectivity index (χ1) is 61.0. The SMILES string of the molecule is CC(=O)NC1C(O)[C@H](O[C@@H]2OC(CO)[C@H](O)[C@H](O)C2O)C(CO)O[C@H]1OC1[C@@H](OCC2O[C@@H](O[C@@H]3C(CO)O[C@@H](O[C@@H]4C(CO)O[C@@H](C)C(NC(C)=O)[C@H]4O)C(NC(C)=O)[C@H]3O)C(O)[C@@H](O[C@H]3O[C@H](CO)C(O)C(O)C3O[C@@H]3OC(CO)[C@@H](O[C@@H]4OC(CO[C@]5(OC=O)CC(O)[C@@H](C)C([C@@H](O)C(O)CO)O5)[C@H](O)[C@H](O)C4O)[C@H](O)C3NC(C)=O)[C@@H]2O)OC(CO)[C@@H](O)[C@@H]1O. The molecule has 0 saturated carbocycles. The van der Waals surface area contributed by atoms with E-state index in [1.165, 1.54) is 13.8 Å². The van der Waals surface area contributed by atoms with Crippen LogP contribution in [0.5, 0.6) is 0 Å². The van der Waals surface area contributed by atoms with E-state index in [1.54, 1.807) is 0 Å². The number of carbonyl (C=O) groups excluding carboxylic acids is 5. The molecule has 10 heterocycles. The molecule has 746 valence electrons. The fraction of sp³-hybridized carbons (Fsp3) is 0.932. The average Bonchev–Trinajstić information content (AvgIpc) is 0.771. The van der Waals surface area contributed by atoms with Crippen molar-refractivity contribution in [1.29, 1.82) is 0 Å². The minimum Gasteiger partial charge on any atom is -0.410 e. The molecule has 0 aromatic rings. The van der Waals surface area contributed by atoms with E-state index in [4.69, 9.17) is 94.7 Å². The maximum atomic E-state index is 13.2. The van der Waals surface area contributed by atoms with Gasteiger partial charge in [0.2, 0.25) is 23.6 Å². The van der Waals surface area contributed by atoms with Gasteiger partial charge in [-0.2, -0.15) is 0 Å². The molecular weight excluding hydrogens is 1760 g/mol. The number of nitrogens with one attached hydrogen (secondary N) is 4. The lowest BCUT2D eigenvalue weighted by Crippen LogP contribution is -2.71. The summed E-state index contributed by atoms with van der Waals surface area (Å²) >= 11 is 0. The van der Waals surface area contributed by atoms with E-state index in [9.17, 15) is 162 Å². The van der Waals surface area contributed by atoms with Crippen LogP contribution in [0, 0.1) is 5.92 Å². The van der Waals surface area contributed by atoms with Crippen molar-refractivity contribution >= 4 is 30.1 Å². The van der Waals surface area contributed by atoms with Crippen LogP contribution in [0.1, 0.15) is 48.0 Å². The molecule has 10 aliphatic rings. The Morgan fingerprint density at radius 1 is 0.349 bits per heavy atom. The summed E-state index contributed by atoms with van der Waals surface area (Å²) in [6.45, 7) is -4.53. The zero-order valence-electron chi connectivity index (χ0n) is 70.0. The van der Waals surface area contributed by atoms with Crippen LogP contribution in [0.25, 0.3) is 0 Å². The highest BCUT2D eigenvalue weighted by molar-refractivity contribution is 5.74. The zero-order valence-corrected chi connectivity index (χ0v) is 70.0. The summed E-state index contributed by atoms with van der Waals surface area (Å²) in [5, 5.41) is 313. The number of aliphatic hydroxyl groups excluding tert-OH is 27. The van der Waals surface area contributed by atoms with Gasteiger partial charge in [-0.3, -0.25) is 24.0 Å². The molecule has 10 fully saturated rings. The summed E-state index contributed by atoms with van der Waals surface area (Å²) < 4.78 is 119. The number of aliphatic hydroxyl groups is 27. The molecule has 56 nitrogen and oxygen atoms in total. The third-order valence-corrected chi connectivity index (χ3v) is 24.0. The van der Waals surface area contributed by atoms with Crippen LogP contribution in [-0.4, -0.2) is 540 Å². The van der Waals surface area contributed by atoms with Crippen molar-refractivity contribution in [3.8, 4) is 0 Å². The summed E-state index contributed by atoms with van der Waals surface area (Å²) in [6.07, 6.45) is -94.0. The van der Waals surface area contributed by atoms with E-state index in [-0.39, 0.29) is 6.47 Å². The van der Waals surface area contributed by atoms with Gasteiger partial charge in [0.15, 0.2) is 50.3 Å². The molecule has 10 saturated heterocycles. The molecule has 0 aromatic carbocycles. The lowest BCUT2D eigenvalue weighted by molar-refractivity contribution is -0.424. The lowest BCUT2D eigenvalue weighted by atomic mass is 9.87. The molecule has 56 heteroatoms. The van der Waals surface area contributed by atoms with Gasteiger partial charge in [0.05, 0.1) is 96.8 Å². The maximum absolute atomic E-state index is 13.2. The summed E-state index contributed by atoms with van der Waals surface area (Å²) in [5.41, 5.74) is 0. The van der Waals surface area contributed by atoms with E-state index in [1.807, 2.05) is 0 Å². The molecule has 0 bridgehead atoms. The summed E-state index contributed by atoms with van der Waals surface area (Å²) in [6, 6.07) is -7.14. The van der Waals surface area contributed by atoms with Crippen LogP contribution in [0.3, 0.4) is 0 Å². The predicted molar refractivity (Wildman–Crippen MR) is 399 cm³/mol. The third-order valence-electron chi connectivity index (χ3n) is 24.0. The fourth-order valence-corrected chi connectivity index (χ4v) is 16.9. The van der Waals surface area contributed by atoms with Crippen molar-refractivity contribution < 1.29 is 257 Å². The van der Waals surface area contributed by atoms with Crippen molar-refractivity contribution in [2.24, 2.45) is 5.92 Å². The maximum Gasteiger partial charge on any atom is 0.332 e.